The number of guanidine groups is 1. The lowest BCUT2D eigenvalue weighted by atomic mass is 10.2. The average molecular weight is 342 g/mol. The first kappa shape index (κ1) is 19.2. The molecule has 0 fully saturated rings. The molecule has 0 aromatic heterocycles. The lowest BCUT2D eigenvalue weighted by Crippen LogP contribution is -2.39. The van der Waals surface area contributed by atoms with Gasteiger partial charge in [0.25, 0.3) is 0 Å². The van der Waals surface area contributed by atoms with Crippen molar-refractivity contribution in [3.8, 4) is 0 Å². The number of anilines is 1. The molecule has 0 aliphatic heterocycles. The molecule has 8 heteroatoms. The van der Waals surface area contributed by atoms with E-state index in [1.54, 1.807) is 12.1 Å². The van der Waals surface area contributed by atoms with E-state index in [1.165, 1.54) is 0 Å². The first-order valence-electron chi connectivity index (χ1n) is 7.62. The Morgan fingerprint density at radius 1 is 1.22 bits per heavy atom. The molecule has 0 spiro atoms. The maximum atomic E-state index is 11.4. The summed E-state index contributed by atoms with van der Waals surface area (Å²) in [6, 6.07) is 7.21. The molecule has 0 saturated carbocycles. The van der Waals surface area contributed by atoms with Crippen LogP contribution in [-0.2, 0) is 21.3 Å². The number of sulfonamides is 1. The summed E-state index contributed by atoms with van der Waals surface area (Å²) in [6.07, 6.45) is 1.13. The number of para-hydroxylation sites is 1. The van der Waals surface area contributed by atoms with Gasteiger partial charge in [-0.1, -0.05) is 18.2 Å². The highest BCUT2D eigenvalue weighted by Gasteiger charge is 2.07. The van der Waals surface area contributed by atoms with Crippen molar-refractivity contribution >= 4 is 21.7 Å². The van der Waals surface area contributed by atoms with Crippen molar-refractivity contribution in [1.82, 2.24) is 10.6 Å². The van der Waals surface area contributed by atoms with Gasteiger partial charge in [0, 0.05) is 19.7 Å². The minimum atomic E-state index is -3.32. The SMILES string of the molecule is CCNC(=NCc1ccccc1NS(C)(=O)=O)NCCOCC. The van der Waals surface area contributed by atoms with Crippen molar-refractivity contribution < 1.29 is 13.2 Å². The number of benzene rings is 1. The van der Waals surface area contributed by atoms with Gasteiger partial charge in [-0.25, -0.2) is 13.4 Å². The first-order valence-corrected chi connectivity index (χ1v) is 9.51. The number of nitrogens with zero attached hydrogens (tertiary/aromatic N) is 1. The Bertz CT molecular complexity index is 602. The van der Waals surface area contributed by atoms with E-state index in [4.69, 9.17) is 4.74 Å². The second-order valence-electron chi connectivity index (χ2n) is 4.85. The van der Waals surface area contributed by atoms with Crippen molar-refractivity contribution in [2.45, 2.75) is 20.4 Å². The van der Waals surface area contributed by atoms with Crippen LogP contribution in [0.5, 0.6) is 0 Å². The summed E-state index contributed by atoms with van der Waals surface area (Å²) < 4.78 is 30.6. The van der Waals surface area contributed by atoms with E-state index in [2.05, 4.69) is 20.3 Å². The summed E-state index contributed by atoms with van der Waals surface area (Å²) in [7, 11) is -3.32. The molecular formula is C15H26N4O3S. The summed E-state index contributed by atoms with van der Waals surface area (Å²) in [5.41, 5.74) is 1.35. The fraction of sp³-hybridized carbons (Fsp3) is 0.533. The van der Waals surface area contributed by atoms with Crippen LogP contribution in [-0.4, -0.2) is 46.9 Å². The zero-order valence-corrected chi connectivity index (χ0v) is 14.7. The van der Waals surface area contributed by atoms with Crippen LogP contribution in [0.2, 0.25) is 0 Å². The molecule has 0 bridgehead atoms. The van der Waals surface area contributed by atoms with Crippen LogP contribution in [0, 0.1) is 0 Å². The number of rotatable bonds is 9. The van der Waals surface area contributed by atoms with E-state index < -0.39 is 10.0 Å². The van der Waals surface area contributed by atoms with Crippen LogP contribution < -0.4 is 15.4 Å². The standard InChI is InChI=1S/C15H26N4O3S/c1-4-16-15(17-10-11-22-5-2)18-12-13-8-6-7-9-14(13)19-23(3,20)21/h6-9,19H,4-5,10-12H2,1-3H3,(H2,16,17,18). The van der Waals surface area contributed by atoms with Gasteiger partial charge in [-0.05, 0) is 25.5 Å². The summed E-state index contributed by atoms with van der Waals surface area (Å²) in [5, 5.41) is 6.31. The molecule has 0 atom stereocenters. The number of hydrogen-bond acceptors (Lipinski definition) is 4. The molecule has 0 heterocycles. The number of aliphatic imine (C=N–C) groups is 1. The predicted octanol–water partition coefficient (Wildman–Crippen LogP) is 1.15. The minimum absolute atomic E-state index is 0.364. The maximum absolute atomic E-state index is 11.4. The van der Waals surface area contributed by atoms with Crippen LogP contribution >= 0.6 is 0 Å². The molecule has 130 valence electrons. The van der Waals surface area contributed by atoms with Gasteiger partial charge in [0.15, 0.2) is 5.96 Å². The van der Waals surface area contributed by atoms with Crippen molar-refractivity contribution in [2.75, 3.05) is 37.3 Å². The molecule has 1 aromatic carbocycles. The van der Waals surface area contributed by atoms with E-state index in [0.29, 0.717) is 38.0 Å². The van der Waals surface area contributed by atoms with E-state index in [0.717, 1.165) is 18.4 Å². The molecule has 7 nitrogen and oxygen atoms in total. The Morgan fingerprint density at radius 2 is 1.96 bits per heavy atom. The largest absolute Gasteiger partial charge is 0.380 e. The van der Waals surface area contributed by atoms with Gasteiger partial charge in [0.2, 0.25) is 10.0 Å². The fourth-order valence-corrected chi connectivity index (χ4v) is 2.45. The van der Waals surface area contributed by atoms with Crippen molar-refractivity contribution in [3.63, 3.8) is 0 Å². The lowest BCUT2D eigenvalue weighted by molar-refractivity contribution is 0.152. The number of nitrogens with one attached hydrogen (secondary N) is 3. The Morgan fingerprint density at radius 3 is 2.61 bits per heavy atom. The van der Waals surface area contributed by atoms with Crippen LogP contribution in [0.1, 0.15) is 19.4 Å². The molecule has 0 amide bonds. The zero-order valence-electron chi connectivity index (χ0n) is 13.9. The highest BCUT2D eigenvalue weighted by molar-refractivity contribution is 7.92. The fourth-order valence-electron chi connectivity index (χ4n) is 1.85. The third-order valence-corrected chi connectivity index (χ3v) is 3.40. The Kier molecular flexibility index (Phi) is 8.42. The molecule has 1 rings (SSSR count). The summed E-state index contributed by atoms with van der Waals surface area (Å²) in [5.74, 6) is 0.668. The van der Waals surface area contributed by atoms with E-state index in [-0.39, 0.29) is 0 Å². The van der Waals surface area contributed by atoms with Gasteiger partial charge in [0.05, 0.1) is 25.1 Å². The van der Waals surface area contributed by atoms with E-state index in [1.807, 2.05) is 26.0 Å². The summed E-state index contributed by atoms with van der Waals surface area (Å²) in [6.45, 7) is 6.98. The molecule has 0 unspecified atom stereocenters. The lowest BCUT2D eigenvalue weighted by Gasteiger charge is -2.12. The molecule has 0 radical (unpaired) electrons. The monoisotopic (exact) mass is 342 g/mol. The van der Waals surface area contributed by atoms with Crippen LogP contribution in [0.15, 0.2) is 29.3 Å². The van der Waals surface area contributed by atoms with Crippen LogP contribution in [0.25, 0.3) is 0 Å². The topological polar surface area (TPSA) is 91.8 Å². The Balaban J connectivity index is 2.74. The third kappa shape index (κ3) is 8.41. The molecule has 0 aliphatic rings. The normalized spacial score (nSPS) is 12.0. The predicted molar refractivity (Wildman–Crippen MR) is 94.2 cm³/mol. The molecule has 0 aliphatic carbocycles. The van der Waals surface area contributed by atoms with Crippen LogP contribution in [0.4, 0.5) is 5.69 Å². The molecule has 0 saturated heterocycles. The number of hydrogen-bond donors (Lipinski definition) is 3. The van der Waals surface area contributed by atoms with Crippen molar-refractivity contribution in [3.05, 3.63) is 29.8 Å². The van der Waals surface area contributed by atoms with Gasteiger partial charge < -0.3 is 15.4 Å². The van der Waals surface area contributed by atoms with Gasteiger partial charge >= 0.3 is 0 Å². The minimum Gasteiger partial charge on any atom is -0.380 e. The Labute approximate surface area is 138 Å². The molecule has 1 aromatic rings. The van der Waals surface area contributed by atoms with Gasteiger partial charge in [-0.15, -0.1) is 0 Å². The molecule has 23 heavy (non-hydrogen) atoms. The summed E-state index contributed by atoms with van der Waals surface area (Å²) >= 11 is 0. The Hall–Kier alpha value is -1.80. The maximum Gasteiger partial charge on any atom is 0.229 e. The second kappa shape index (κ2) is 10.1. The summed E-state index contributed by atoms with van der Waals surface area (Å²) in [4.78, 5) is 4.48. The van der Waals surface area contributed by atoms with Crippen molar-refractivity contribution in [1.29, 1.82) is 0 Å². The van der Waals surface area contributed by atoms with Gasteiger partial charge in [0.1, 0.15) is 0 Å². The first-order chi connectivity index (χ1) is 11.0. The van der Waals surface area contributed by atoms with Gasteiger partial charge in [-0.2, -0.15) is 0 Å². The van der Waals surface area contributed by atoms with Crippen molar-refractivity contribution in [2.24, 2.45) is 4.99 Å². The molecule has 3 N–H and O–H groups in total. The highest BCUT2D eigenvalue weighted by atomic mass is 32.2. The number of ether oxygens (including phenoxy) is 1. The third-order valence-electron chi connectivity index (χ3n) is 2.81. The molecular weight excluding hydrogens is 316 g/mol. The smallest absolute Gasteiger partial charge is 0.229 e. The van der Waals surface area contributed by atoms with Gasteiger partial charge in [-0.3, -0.25) is 4.72 Å². The van der Waals surface area contributed by atoms with Crippen LogP contribution in [0.3, 0.4) is 0 Å². The van der Waals surface area contributed by atoms with E-state index in [9.17, 15) is 8.42 Å². The zero-order chi connectivity index (χ0) is 17.1. The quantitative estimate of drug-likeness (QED) is 0.356. The average Bonchev–Trinajstić information content (AvgIpc) is 2.49. The highest BCUT2D eigenvalue weighted by Crippen LogP contribution is 2.17. The second-order valence-corrected chi connectivity index (χ2v) is 6.60. The van der Waals surface area contributed by atoms with E-state index >= 15 is 0 Å².